The average molecular weight is 728 g/mol. The molecule has 0 aliphatic rings. The van der Waals surface area contributed by atoms with E-state index in [1.54, 1.807) is 0 Å². The van der Waals surface area contributed by atoms with Gasteiger partial charge in [0.1, 0.15) is 0 Å². The number of nitrogens with zero attached hydrogens (tertiary/aromatic N) is 3. The van der Waals surface area contributed by atoms with E-state index >= 15 is 0 Å². The smallest absolute Gasteiger partial charge is 0.0911 e. The number of rotatable bonds is 32. The van der Waals surface area contributed by atoms with Crippen LogP contribution in [-0.2, 0) is 0 Å². The lowest BCUT2D eigenvalue weighted by Crippen LogP contribution is -3.00. The van der Waals surface area contributed by atoms with Gasteiger partial charge in [-0.3, -0.25) is 4.90 Å². The largest absolute Gasteiger partial charge is 1.00 e. The van der Waals surface area contributed by atoms with E-state index in [0.29, 0.717) is 0 Å². The van der Waals surface area contributed by atoms with Gasteiger partial charge in [0, 0.05) is 13.1 Å². The summed E-state index contributed by atoms with van der Waals surface area (Å²) in [6, 6.07) is 0. The summed E-state index contributed by atoms with van der Waals surface area (Å²) in [6.07, 6.45) is 34.6. The molecule has 0 fully saturated rings. The normalized spacial score (nSPS) is 12.0. The minimum absolute atomic E-state index is 0. The maximum Gasteiger partial charge on any atom is 0.0911 e. The van der Waals surface area contributed by atoms with E-state index in [4.69, 9.17) is 0 Å². The average Bonchev–Trinajstić information content (AvgIpc) is 2.92. The molecule has 0 spiro atoms. The van der Waals surface area contributed by atoms with E-state index < -0.39 is 0 Å². The van der Waals surface area contributed by atoms with Crippen LogP contribution in [-0.4, -0.2) is 88.4 Å². The summed E-state index contributed by atoms with van der Waals surface area (Å²) in [5.74, 6) is 0. The third kappa shape index (κ3) is 35.3. The number of unbranched alkanes of at least 4 members (excludes halogenated alkanes) is 22. The molecule has 5 heteroatoms. The van der Waals surface area contributed by atoms with Gasteiger partial charge in [0.05, 0.1) is 54.4 Å². The van der Waals surface area contributed by atoms with Crippen molar-refractivity contribution in [2.75, 3.05) is 74.5 Å². The Balaban J connectivity index is -0.00000760. The summed E-state index contributed by atoms with van der Waals surface area (Å²) in [6.45, 7) is 12.3. The molecule has 42 heavy (non-hydrogen) atoms. The molecule has 0 aliphatic carbocycles. The monoisotopic (exact) mass is 725 g/mol. The highest BCUT2D eigenvalue weighted by Crippen LogP contribution is 2.14. The highest BCUT2D eigenvalue weighted by atomic mass is 79.9. The van der Waals surface area contributed by atoms with Crippen molar-refractivity contribution in [3.05, 3.63) is 0 Å². The minimum Gasteiger partial charge on any atom is -1.00 e. The molecule has 0 bridgehead atoms. The van der Waals surface area contributed by atoms with E-state index in [9.17, 15) is 0 Å². The van der Waals surface area contributed by atoms with E-state index in [2.05, 4.69) is 54.0 Å². The van der Waals surface area contributed by atoms with Crippen molar-refractivity contribution in [2.24, 2.45) is 0 Å². The van der Waals surface area contributed by atoms with Gasteiger partial charge in [-0.25, -0.2) is 0 Å². The molecule has 0 amide bonds. The highest BCUT2D eigenvalue weighted by molar-refractivity contribution is 4.54. The lowest BCUT2D eigenvalue weighted by atomic mass is 10.1. The summed E-state index contributed by atoms with van der Waals surface area (Å²) in [5.41, 5.74) is 0. The van der Waals surface area contributed by atoms with Gasteiger partial charge in [-0.2, -0.15) is 0 Å². The summed E-state index contributed by atoms with van der Waals surface area (Å²) in [5, 5.41) is 0. The Kier molecular flexibility index (Phi) is 37.4. The van der Waals surface area contributed by atoms with Gasteiger partial charge in [-0.1, -0.05) is 142 Å². The molecule has 0 rings (SSSR count). The highest BCUT2D eigenvalue weighted by Gasteiger charge is 2.18. The van der Waals surface area contributed by atoms with E-state index in [-0.39, 0.29) is 34.0 Å². The fraction of sp³-hybridized carbons (Fsp3) is 1.00. The molecule has 0 aliphatic heterocycles. The van der Waals surface area contributed by atoms with Crippen LogP contribution >= 0.6 is 0 Å². The quantitative estimate of drug-likeness (QED) is 0.0731. The Bertz CT molecular complexity index is 469. The molecule has 0 N–H and O–H groups in total. The zero-order valence-corrected chi connectivity index (χ0v) is 33.5. The van der Waals surface area contributed by atoms with Crippen molar-refractivity contribution in [3.8, 4) is 0 Å². The predicted molar refractivity (Wildman–Crippen MR) is 183 cm³/mol. The first-order chi connectivity index (χ1) is 19.2. The first kappa shape index (κ1) is 47.2. The number of hydrogen-bond donors (Lipinski definition) is 0. The van der Waals surface area contributed by atoms with Crippen LogP contribution in [0.4, 0.5) is 0 Å². The molecule has 0 saturated heterocycles. The van der Waals surface area contributed by atoms with Crippen LogP contribution in [0.5, 0.6) is 0 Å². The fourth-order valence-electron chi connectivity index (χ4n) is 5.98. The van der Waals surface area contributed by atoms with E-state index in [0.717, 1.165) is 0 Å². The molecular weight excluding hydrogens is 646 g/mol. The van der Waals surface area contributed by atoms with Crippen LogP contribution in [0.3, 0.4) is 0 Å². The van der Waals surface area contributed by atoms with Crippen LogP contribution in [0.2, 0.25) is 0 Å². The van der Waals surface area contributed by atoms with Gasteiger partial charge in [0.2, 0.25) is 0 Å². The standard InChI is InChI=1S/C37H81N3.2BrH/c1-8-10-12-14-16-18-20-22-24-26-28-30-34-39(4,5)36-32-38(3)33-37-40(6,7)35-31-29-27-25-23-21-19-17-15-13-11-9-2;;/h8-37H2,1-7H3;2*1H/q+2;;/p-2. The van der Waals surface area contributed by atoms with Crippen molar-refractivity contribution in [1.82, 2.24) is 4.90 Å². The summed E-state index contributed by atoms with van der Waals surface area (Å²) in [7, 11) is 12.1. The molecule has 3 nitrogen and oxygen atoms in total. The number of hydrogen-bond acceptors (Lipinski definition) is 1. The second kappa shape index (κ2) is 33.2. The van der Waals surface area contributed by atoms with Gasteiger partial charge in [-0.15, -0.1) is 0 Å². The van der Waals surface area contributed by atoms with E-state index in [1.165, 1.54) is 202 Å². The first-order valence-electron chi connectivity index (χ1n) is 18.5. The predicted octanol–water partition coefficient (Wildman–Crippen LogP) is 4.48. The first-order valence-corrected chi connectivity index (χ1v) is 18.5. The summed E-state index contributed by atoms with van der Waals surface area (Å²) >= 11 is 0. The minimum atomic E-state index is 0. The van der Waals surface area contributed by atoms with Crippen molar-refractivity contribution >= 4 is 0 Å². The molecule has 0 saturated carbocycles. The summed E-state index contributed by atoms with van der Waals surface area (Å²) < 4.78 is 2.36. The molecule has 0 heterocycles. The second-order valence-corrected chi connectivity index (χ2v) is 14.8. The Morgan fingerprint density at radius 1 is 0.333 bits per heavy atom. The molecule has 0 radical (unpaired) electrons. The maximum absolute atomic E-state index is 2.59. The van der Waals surface area contributed by atoms with Gasteiger partial charge >= 0.3 is 0 Å². The Labute approximate surface area is 289 Å². The Morgan fingerprint density at radius 3 is 0.786 bits per heavy atom. The summed E-state index contributed by atoms with van der Waals surface area (Å²) in [4.78, 5) is 2.59. The third-order valence-corrected chi connectivity index (χ3v) is 9.41. The zero-order valence-electron chi connectivity index (χ0n) is 30.3. The third-order valence-electron chi connectivity index (χ3n) is 9.41. The van der Waals surface area contributed by atoms with Crippen LogP contribution in [0.25, 0.3) is 0 Å². The molecule has 0 aromatic rings. The molecule has 258 valence electrons. The molecular formula is C37H81Br2N3. The number of halogens is 2. The van der Waals surface area contributed by atoms with Crippen molar-refractivity contribution in [3.63, 3.8) is 0 Å². The van der Waals surface area contributed by atoms with Gasteiger partial charge < -0.3 is 42.9 Å². The number of quaternary nitrogens is 2. The number of likely N-dealkylation sites (N-methyl/N-ethyl adjacent to an activating group) is 3. The zero-order chi connectivity index (χ0) is 29.8. The maximum atomic E-state index is 2.59. The van der Waals surface area contributed by atoms with Gasteiger partial charge in [0.15, 0.2) is 0 Å². The van der Waals surface area contributed by atoms with Crippen LogP contribution in [0, 0.1) is 0 Å². The topological polar surface area (TPSA) is 3.24 Å². The second-order valence-electron chi connectivity index (χ2n) is 14.8. The van der Waals surface area contributed by atoms with Gasteiger partial charge in [-0.05, 0) is 32.7 Å². The molecule has 0 atom stereocenters. The lowest BCUT2D eigenvalue weighted by Gasteiger charge is -2.34. The van der Waals surface area contributed by atoms with Crippen LogP contribution in [0.1, 0.15) is 168 Å². The molecule has 0 aromatic carbocycles. The van der Waals surface area contributed by atoms with Crippen molar-refractivity contribution in [2.45, 2.75) is 168 Å². The van der Waals surface area contributed by atoms with E-state index in [1.807, 2.05) is 0 Å². The SMILES string of the molecule is CCCCCCCCCCCCCC[N+](C)(C)CCN(C)CC[N+](C)(C)CCCCCCCCCCCCCC.[Br-].[Br-]. The van der Waals surface area contributed by atoms with Crippen LogP contribution < -0.4 is 34.0 Å². The Morgan fingerprint density at radius 2 is 0.548 bits per heavy atom. The van der Waals surface area contributed by atoms with Crippen molar-refractivity contribution < 1.29 is 42.9 Å². The Hall–Kier alpha value is 0.840. The van der Waals surface area contributed by atoms with Crippen molar-refractivity contribution in [1.29, 1.82) is 0 Å². The van der Waals surface area contributed by atoms with Crippen LogP contribution in [0.15, 0.2) is 0 Å². The fourth-order valence-corrected chi connectivity index (χ4v) is 5.98. The molecule has 0 aromatic heterocycles. The van der Waals surface area contributed by atoms with Gasteiger partial charge in [0.25, 0.3) is 0 Å². The molecule has 0 unspecified atom stereocenters. The lowest BCUT2D eigenvalue weighted by molar-refractivity contribution is -0.892.